The number of amides is 1. The number of hydrogen-bond acceptors (Lipinski definition) is 4. The van der Waals surface area contributed by atoms with Crippen molar-refractivity contribution in [2.45, 2.75) is 25.6 Å². The number of pyridine rings is 1. The number of methoxy groups -OCH3 is 1. The molecule has 2 heterocycles. The molecule has 150 valence electrons. The standard InChI is InChI=1S/C20H22F3N3O2/c1-28-16-7-5-14(6-8-16)13-24-19(27)15-9-11-26(12-10-15)18-4-2-3-17(25-18)20(21,22)23/h2-8,15H,9-13H2,1H3,(H,24,27). The summed E-state index contributed by atoms with van der Waals surface area (Å²) in [5, 5.41) is 2.93. The van der Waals surface area contributed by atoms with E-state index in [1.165, 1.54) is 6.07 Å². The van der Waals surface area contributed by atoms with Gasteiger partial charge in [0, 0.05) is 25.6 Å². The van der Waals surface area contributed by atoms with E-state index in [2.05, 4.69) is 10.3 Å². The number of halogens is 3. The molecule has 1 amide bonds. The molecule has 1 aliphatic rings. The van der Waals surface area contributed by atoms with Gasteiger partial charge in [-0.05, 0) is 42.7 Å². The highest BCUT2D eigenvalue weighted by molar-refractivity contribution is 5.79. The Balaban J connectivity index is 1.51. The number of alkyl halides is 3. The van der Waals surface area contributed by atoms with E-state index in [0.29, 0.717) is 38.3 Å². The summed E-state index contributed by atoms with van der Waals surface area (Å²) in [4.78, 5) is 17.9. The molecule has 0 atom stereocenters. The molecule has 1 fully saturated rings. The van der Waals surface area contributed by atoms with Gasteiger partial charge in [-0.2, -0.15) is 13.2 Å². The van der Waals surface area contributed by atoms with Gasteiger partial charge in [-0.1, -0.05) is 18.2 Å². The van der Waals surface area contributed by atoms with Crippen molar-refractivity contribution in [2.75, 3.05) is 25.1 Å². The van der Waals surface area contributed by atoms with Crippen molar-refractivity contribution in [2.24, 2.45) is 5.92 Å². The Morgan fingerprint density at radius 2 is 1.86 bits per heavy atom. The zero-order valence-electron chi connectivity index (χ0n) is 15.5. The molecule has 1 N–H and O–H groups in total. The van der Waals surface area contributed by atoms with Crippen molar-refractivity contribution in [1.29, 1.82) is 0 Å². The Hall–Kier alpha value is -2.77. The Morgan fingerprint density at radius 3 is 2.46 bits per heavy atom. The number of aromatic nitrogens is 1. The maximum absolute atomic E-state index is 12.8. The van der Waals surface area contributed by atoms with Crippen molar-refractivity contribution in [1.82, 2.24) is 10.3 Å². The predicted molar refractivity (Wildman–Crippen MR) is 99.0 cm³/mol. The maximum Gasteiger partial charge on any atom is 0.433 e. The van der Waals surface area contributed by atoms with Crippen LogP contribution in [0.1, 0.15) is 24.1 Å². The molecule has 1 aromatic carbocycles. The molecular formula is C20H22F3N3O2. The summed E-state index contributed by atoms with van der Waals surface area (Å²) in [6.07, 6.45) is -3.31. The molecule has 1 aromatic heterocycles. The first-order valence-electron chi connectivity index (χ1n) is 9.06. The first-order valence-corrected chi connectivity index (χ1v) is 9.06. The summed E-state index contributed by atoms with van der Waals surface area (Å²) in [6.45, 7) is 1.42. The third-order valence-corrected chi connectivity index (χ3v) is 4.84. The van der Waals surface area contributed by atoms with Gasteiger partial charge < -0.3 is 15.0 Å². The molecule has 0 saturated carbocycles. The van der Waals surface area contributed by atoms with Crippen LogP contribution in [0.15, 0.2) is 42.5 Å². The van der Waals surface area contributed by atoms with Crippen LogP contribution in [-0.2, 0) is 17.5 Å². The van der Waals surface area contributed by atoms with Gasteiger partial charge in [0.2, 0.25) is 5.91 Å². The highest BCUT2D eigenvalue weighted by atomic mass is 19.4. The zero-order chi connectivity index (χ0) is 20.1. The molecule has 0 bridgehead atoms. The van der Waals surface area contributed by atoms with E-state index >= 15 is 0 Å². The Kier molecular flexibility index (Phi) is 6.06. The van der Waals surface area contributed by atoms with E-state index in [1.807, 2.05) is 24.3 Å². The summed E-state index contributed by atoms with van der Waals surface area (Å²) in [5.74, 6) is 0.866. The van der Waals surface area contributed by atoms with Gasteiger partial charge in [0.05, 0.1) is 7.11 Å². The van der Waals surface area contributed by atoms with Gasteiger partial charge >= 0.3 is 6.18 Å². The molecule has 2 aromatic rings. The number of carbonyl (C=O) groups is 1. The Bertz CT molecular complexity index is 801. The average Bonchev–Trinajstić information content (AvgIpc) is 2.72. The topological polar surface area (TPSA) is 54.5 Å². The first kappa shape index (κ1) is 20.0. The molecule has 1 aliphatic heterocycles. The fourth-order valence-corrected chi connectivity index (χ4v) is 3.20. The lowest BCUT2D eigenvalue weighted by Gasteiger charge is -2.32. The minimum atomic E-state index is -4.46. The third kappa shape index (κ3) is 4.94. The summed E-state index contributed by atoms with van der Waals surface area (Å²) in [5.41, 5.74) is 0.0732. The van der Waals surface area contributed by atoms with Gasteiger partial charge in [-0.25, -0.2) is 4.98 Å². The van der Waals surface area contributed by atoms with E-state index in [1.54, 1.807) is 18.1 Å². The molecule has 3 rings (SSSR count). The van der Waals surface area contributed by atoms with Crippen LogP contribution in [0.4, 0.5) is 19.0 Å². The van der Waals surface area contributed by atoms with Crippen molar-refractivity contribution in [3.8, 4) is 5.75 Å². The third-order valence-electron chi connectivity index (χ3n) is 4.84. The number of nitrogens with one attached hydrogen (secondary N) is 1. The van der Waals surface area contributed by atoms with Crippen LogP contribution >= 0.6 is 0 Å². The molecule has 28 heavy (non-hydrogen) atoms. The van der Waals surface area contributed by atoms with Crippen LogP contribution in [0.3, 0.4) is 0 Å². The summed E-state index contributed by atoms with van der Waals surface area (Å²) in [6, 6.07) is 11.3. The maximum atomic E-state index is 12.8. The van der Waals surface area contributed by atoms with Gasteiger partial charge in [-0.15, -0.1) is 0 Å². The second kappa shape index (κ2) is 8.50. The van der Waals surface area contributed by atoms with E-state index in [-0.39, 0.29) is 11.8 Å². The monoisotopic (exact) mass is 393 g/mol. The van der Waals surface area contributed by atoms with Gasteiger partial charge in [0.15, 0.2) is 0 Å². The average molecular weight is 393 g/mol. The second-order valence-electron chi connectivity index (χ2n) is 6.71. The number of carbonyl (C=O) groups excluding carboxylic acids is 1. The lowest BCUT2D eigenvalue weighted by Crippen LogP contribution is -2.40. The lowest BCUT2D eigenvalue weighted by molar-refractivity contribution is -0.141. The molecule has 0 spiro atoms. The van der Waals surface area contributed by atoms with Crippen molar-refractivity contribution >= 4 is 11.7 Å². The molecule has 0 radical (unpaired) electrons. The molecule has 5 nitrogen and oxygen atoms in total. The first-order chi connectivity index (χ1) is 13.4. The number of hydrogen-bond donors (Lipinski definition) is 1. The van der Waals surface area contributed by atoms with Crippen LogP contribution < -0.4 is 15.0 Å². The Morgan fingerprint density at radius 1 is 1.18 bits per heavy atom. The number of nitrogens with zero attached hydrogens (tertiary/aromatic N) is 2. The van der Waals surface area contributed by atoms with Crippen LogP contribution in [0.25, 0.3) is 0 Å². The van der Waals surface area contributed by atoms with Crippen molar-refractivity contribution < 1.29 is 22.7 Å². The van der Waals surface area contributed by atoms with Gasteiger partial charge in [0.25, 0.3) is 0 Å². The van der Waals surface area contributed by atoms with E-state index < -0.39 is 11.9 Å². The smallest absolute Gasteiger partial charge is 0.433 e. The summed E-state index contributed by atoms with van der Waals surface area (Å²) < 4.78 is 43.6. The van der Waals surface area contributed by atoms with Crippen molar-refractivity contribution in [3.63, 3.8) is 0 Å². The highest BCUT2D eigenvalue weighted by Gasteiger charge is 2.33. The number of rotatable bonds is 5. The zero-order valence-corrected chi connectivity index (χ0v) is 15.5. The normalized spacial score (nSPS) is 15.4. The SMILES string of the molecule is COc1ccc(CNC(=O)C2CCN(c3cccc(C(F)(F)F)n3)CC2)cc1. The molecule has 1 saturated heterocycles. The number of piperidine rings is 1. The minimum Gasteiger partial charge on any atom is -0.497 e. The fraction of sp³-hybridized carbons (Fsp3) is 0.400. The van der Waals surface area contributed by atoms with Crippen molar-refractivity contribution in [3.05, 3.63) is 53.7 Å². The second-order valence-corrected chi connectivity index (χ2v) is 6.71. The molecule has 0 unspecified atom stereocenters. The molecule has 0 aliphatic carbocycles. The Labute approximate surface area is 161 Å². The van der Waals surface area contributed by atoms with Crippen LogP contribution in [0.5, 0.6) is 5.75 Å². The molecule has 8 heteroatoms. The largest absolute Gasteiger partial charge is 0.497 e. The van der Waals surface area contributed by atoms with E-state index in [4.69, 9.17) is 4.74 Å². The quantitative estimate of drug-likeness (QED) is 0.843. The number of anilines is 1. The minimum absolute atomic E-state index is 0.0348. The fourth-order valence-electron chi connectivity index (χ4n) is 3.20. The van der Waals surface area contributed by atoms with E-state index in [9.17, 15) is 18.0 Å². The van der Waals surface area contributed by atoms with Gasteiger partial charge in [-0.3, -0.25) is 4.79 Å². The summed E-state index contributed by atoms with van der Waals surface area (Å²) >= 11 is 0. The van der Waals surface area contributed by atoms with Crippen LogP contribution in [-0.4, -0.2) is 31.1 Å². The van der Waals surface area contributed by atoms with Crippen LogP contribution in [0.2, 0.25) is 0 Å². The highest BCUT2D eigenvalue weighted by Crippen LogP contribution is 2.30. The van der Waals surface area contributed by atoms with Crippen LogP contribution in [0, 0.1) is 5.92 Å². The number of benzene rings is 1. The van der Waals surface area contributed by atoms with E-state index in [0.717, 1.165) is 17.4 Å². The summed E-state index contributed by atoms with van der Waals surface area (Å²) in [7, 11) is 1.60. The number of ether oxygens (including phenoxy) is 1. The molecular weight excluding hydrogens is 371 g/mol. The predicted octanol–water partition coefficient (Wildman–Crippen LogP) is 3.64. The lowest BCUT2D eigenvalue weighted by atomic mass is 9.95. The van der Waals surface area contributed by atoms with Gasteiger partial charge in [0.1, 0.15) is 17.3 Å².